The van der Waals surface area contributed by atoms with E-state index >= 15 is 0 Å². The molecule has 0 radical (unpaired) electrons. The van der Waals surface area contributed by atoms with Crippen LogP contribution >= 0.6 is 0 Å². The molecule has 88 valence electrons. The van der Waals surface area contributed by atoms with E-state index in [0.717, 1.165) is 25.3 Å². The lowest BCUT2D eigenvalue weighted by molar-refractivity contribution is 0.375. The molecule has 1 heterocycles. The number of nitrogens with zero attached hydrogens (tertiary/aromatic N) is 1. The number of anilines is 2. The summed E-state index contributed by atoms with van der Waals surface area (Å²) in [4.78, 5) is 2.15. The third kappa shape index (κ3) is 2.13. The van der Waals surface area contributed by atoms with Gasteiger partial charge in [0, 0.05) is 18.3 Å². The third-order valence-corrected chi connectivity index (χ3v) is 3.42. The maximum atomic E-state index is 13.8. The number of benzene rings is 1. The van der Waals surface area contributed by atoms with Crippen LogP contribution in [0.3, 0.4) is 0 Å². The predicted octanol–water partition coefficient (Wildman–Crippen LogP) is 3.03. The van der Waals surface area contributed by atoms with Gasteiger partial charge in [-0.2, -0.15) is 0 Å². The maximum Gasteiger partial charge on any atom is 0.148 e. The molecular formula is C13H19FN2. The van der Waals surface area contributed by atoms with E-state index in [2.05, 4.69) is 18.7 Å². The van der Waals surface area contributed by atoms with Gasteiger partial charge in [0.15, 0.2) is 0 Å². The maximum absolute atomic E-state index is 13.8. The van der Waals surface area contributed by atoms with Crippen LogP contribution in [-0.4, -0.2) is 12.6 Å². The normalized spacial score (nSPS) is 25.8. The quantitative estimate of drug-likeness (QED) is 0.740. The van der Waals surface area contributed by atoms with Crippen LogP contribution in [0.4, 0.5) is 15.8 Å². The zero-order chi connectivity index (χ0) is 11.7. The Morgan fingerprint density at radius 1 is 1.38 bits per heavy atom. The van der Waals surface area contributed by atoms with Crippen LogP contribution in [0.25, 0.3) is 0 Å². The first-order valence-electron chi connectivity index (χ1n) is 5.89. The highest BCUT2D eigenvalue weighted by molar-refractivity contribution is 5.55. The molecule has 0 aliphatic carbocycles. The molecule has 16 heavy (non-hydrogen) atoms. The van der Waals surface area contributed by atoms with Gasteiger partial charge in [-0.15, -0.1) is 0 Å². The Kier molecular flexibility index (Phi) is 3.03. The SMILES string of the molecule is CC1CCN(c2ccc(N)cc2F)C(C)C1. The fraction of sp³-hybridized carbons (Fsp3) is 0.538. The molecular weight excluding hydrogens is 203 g/mol. The molecule has 1 aromatic rings. The average Bonchev–Trinajstić information content (AvgIpc) is 2.19. The van der Waals surface area contributed by atoms with E-state index < -0.39 is 0 Å². The number of piperidine rings is 1. The topological polar surface area (TPSA) is 29.3 Å². The Bertz CT molecular complexity index is 378. The van der Waals surface area contributed by atoms with Gasteiger partial charge >= 0.3 is 0 Å². The molecule has 2 N–H and O–H groups in total. The lowest BCUT2D eigenvalue weighted by Crippen LogP contribution is -2.40. The van der Waals surface area contributed by atoms with Gasteiger partial charge in [-0.1, -0.05) is 6.92 Å². The monoisotopic (exact) mass is 222 g/mol. The van der Waals surface area contributed by atoms with Crippen molar-refractivity contribution in [2.24, 2.45) is 5.92 Å². The summed E-state index contributed by atoms with van der Waals surface area (Å²) in [6.07, 6.45) is 2.26. The molecule has 1 aromatic carbocycles. The smallest absolute Gasteiger partial charge is 0.148 e. The average molecular weight is 222 g/mol. The molecule has 1 fully saturated rings. The van der Waals surface area contributed by atoms with E-state index in [0.29, 0.717) is 17.4 Å². The molecule has 2 atom stereocenters. The van der Waals surface area contributed by atoms with Gasteiger partial charge < -0.3 is 10.6 Å². The highest BCUT2D eigenvalue weighted by atomic mass is 19.1. The van der Waals surface area contributed by atoms with Crippen molar-refractivity contribution in [3.05, 3.63) is 24.0 Å². The summed E-state index contributed by atoms with van der Waals surface area (Å²) in [5.41, 5.74) is 6.73. The molecule has 2 nitrogen and oxygen atoms in total. The van der Waals surface area contributed by atoms with E-state index in [9.17, 15) is 4.39 Å². The Labute approximate surface area is 96.2 Å². The van der Waals surface area contributed by atoms with Crippen LogP contribution in [0.2, 0.25) is 0 Å². The lowest BCUT2D eigenvalue weighted by atomic mass is 9.93. The third-order valence-electron chi connectivity index (χ3n) is 3.42. The van der Waals surface area contributed by atoms with Gasteiger partial charge in [-0.25, -0.2) is 4.39 Å². The summed E-state index contributed by atoms with van der Waals surface area (Å²) < 4.78 is 13.8. The van der Waals surface area contributed by atoms with E-state index in [1.54, 1.807) is 12.1 Å². The van der Waals surface area contributed by atoms with Gasteiger partial charge in [-0.05, 0) is 43.9 Å². The van der Waals surface area contributed by atoms with Crippen LogP contribution in [0.15, 0.2) is 18.2 Å². The van der Waals surface area contributed by atoms with Crippen molar-refractivity contribution < 1.29 is 4.39 Å². The van der Waals surface area contributed by atoms with Gasteiger partial charge in [0.25, 0.3) is 0 Å². The molecule has 0 amide bonds. The Morgan fingerprint density at radius 3 is 2.75 bits per heavy atom. The minimum absolute atomic E-state index is 0.207. The number of halogens is 1. The molecule has 0 aromatic heterocycles. The largest absolute Gasteiger partial charge is 0.399 e. The molecule has 0 bridgehead atoms. The molecule has 1 aliphatic rings. The van der Waals surface area contributed by atoms with Crippen LogP contribution < -0.4 is 10.6 Å². The van der Waals surface area contributed by atoms with E-state index in [1.165, 1.54) is 6.07 Å². The van der Waals surface area contributed by atoms with Gasteiger partial charge in [-0.3, -0.25) is 0 Å². The Morgan fingerprint density at radius 2 is 2.12 bits per heavy atom. The second kappa shape index (κ2) is 4.32. The number of nitrogens with two attached hydrogens (primary N) is 1. The summed E-state index contributed by atoms with van der Waals surface area (Å²) in [6, 6.07) is 5.36. The minimum atomic E-state index is -0.207. The summed E-state index contributed by atoms with van der Waals surface area (Å²) in [5, 5.41) is 0. The second-order valence-corrected chi connectivity index (χ2v) is 4.88. The molecule has 2 rings (SSSR count). The minimum Gasteiger partial charge on any atom is -0.399 e. The molecule has 1 saturated heterocycles. The van der Waals surface area contributed by atoms with Gasteiger partial charge in [0.2, 0.25) is 0 Å². The van der Waals surface area contributed by atoms with Crippen molar-refractivity contribution in [1.29, 1.82) is 0 Å². The first-order valence-corrected chi connectivity index (χ1v) is 5.89. The molecule has 0 saturated carbocycles. The van der Waals surface area contributed by atoms with Crippen molar-refractivity contribution in [3.8, 4) is 0 Å². The van der Waals surface area contributed by atoms with E-state index in [-0.39, 0.29) is 5.82 Å². The van der Waals surface area contributed by atoms with E-state index in [4.69, 9.17) is 5.73 Å². The predicted molar refractivity (Wildman–Crippen MR) is 66.0 cm³/mol. The fourth-order valence-electron chi connectivity index (χ4n) is 2.52. The summed E-state index contributed by atoms with van der Waals surface area (Å²) in [6.45, 7) is 5.35. The van der Waals surface area contributed by atoms with Crippen molar-refractivity contribution >= 4 is 11.4 Å². The summed E-state index contributed by atoms with van der Waals surface area (Å²) >= 11 is 0. The highest BCUT2D eigenvalue weighted by Crippen LogP contribution is 2.30. The van der Waals surface area contributed by atoms with Crippen molar-refractivity contribution in [2.75, 3.05) is 17.2 Å². The lowest BCUT2D eigenvalue weighted by Gasteiger charge is -2.38. The van der Waals surface area contributed by atoms with Gasteiger partial charge in [0.1, 0.15) is 5.82 Å². The van der Waals surface area contributed by atoms with Crippen molar-refractivity contribution in [3.63, 3.8) is 0 Å². The zero-order valence-corrected chi connectivity index (χ0v) is 9.91. The summed E-state index contributed by atoms with van der Waals surface area (Å²) in [5.74, 6) is 0.532. The standard InChI is InChI=1S/C13H19FN2/c1-9-5-6-16(10(2)7-9)13-4-3-11(15)8-12(13)14/h3-4,8-10H,5-7,15H2,1-2H3. The number of hydrogen-bond donors (Lipinski definition) is 1. The Balaban J connectivity index is 2.23. The number of nitrogen functional groups attached to an aromatic ring is 1. The molecule has 3 heteroatoms. The number of rotatable bonds is 1. The molecule has 2 unspecified atom stereocenters. The second-order valence-electron chi connectivity index (χ2n) is 4.88. The zero-order valence-electron chi connectivity index (χ0n) is 9.91. The van der Waals surface area contributed by atoms with Crippen LogP contribution in [0.5, 0.6) is 0 Å². The van der Waals surface area contributed by atoms with Crippen molar-refractivity contribution in [1.82, 2.24) is 0 Å². The first-order chi connectivity index (χ1) is 7.58. The summed E-state index contributed by atoms with van der Waals surface area (Å²) in [7, 11) is 0. The fourth-order valence-corrected chi connectivity index (χ4v) is 2.52. The first kappa shape index (κ1) is 11.2. The Hall–Kier alpha value is -1.25. The van der Waals surface area contributed by atoms with E-state index in [1.807, 2.05) is 0 Å². The van der Waals surface area contributed by atoms with Crippen molar-refractivity contribution in [2.45, 2.75) is 32.7 Å². The highest BCUT2D eigenvalue weighted by Gasteiger charge is 2.24. The van der Waals surface area contributed by atoms with Crippen LogP contribution in [0.1, 0.15) is 26.7 Å². The molecule has 0 spiro atoms. The van der Waals surface area contributed by atoms with Crippen LogP contribution in [0, 0.1) is 11.7 Å². The van der Waals surface area contributed by atoms with Gasteiger partial charge in [0.05, 0.1) is 5.69 Å². The van der Waals surface area contributed by atoms with Crippen LogP contribution in [-0.2, 0) is 0 Å². The molecule has 1 aliphatic heterocycles. The number of hydrogen-bond acceptors (Lipinski definition) is 2.